The normalized spacial score (nSPS) is 10.8. The van der Waals surface area contributed by atoms with Crippen LogP contribution in [0.2, 0.25) is 0 Å². The van der Waals surface area contributed by atoms with Gasteiger partial charge in [-0.3, -0.25) is 4.79 Å². The molecule has 0 aliphatic rings. The smallest absolute Gasteiger partial charge is 0.230 e. The molecule has 0 bridgehead atoms. The Morgan fingerprint density at radius 3 is 2.91 bits per heavy atom. The van der Waals surface area contributed by atoms with Gasteiger partial charge in [-0.15, -0.1) is 16.9 Å². The van der Waals surface area contributed by atoms with Crippen molar-refractivity contribution >= 4 is 17.7 Å². The number of hydrogen-bond donors (Lipinski definition) is 1. The van der Waals surface area contributed by atoms with Crippen molar-refractivity contribution in [2.24, 2.45) is 0 Å². The fraction of sp³-hybridized carbons (Fsp3) is 0.467. The number of hydrogen-bond acceptors (Lipinski definition) is 6. The van der Waals surface area contributed by atoms with Gasteiger partial charge in [0, 0.05) is 12.1 Å². The standard InChI is InChI=1S/C15H21N5O2S/c1-11(2)20-14(17-18-19-20)9-23-10-15(21)16-8-12-6-4-5-7-13(12)22-3/h4-7,11H,8-10H2,1-3H3,(H,16,21). The van der Waals surface area contributed by atoms with Crippen molar-refractivity contribution in [3.8, 4) is 5.75 Å². The number of carbonyl (C=O) groups excluding carboxylic acids is 1. The molecule has 8 heteroatoms. The van der Waals surface area contributed by atoms with E-state index in [4.69, 9.17) is 4.74 Å². The minimum absolute atomic E-state index is 0.0236. The molecule has 0 saturated carbocycles. The van der Waals surface area contributed by atoms with Crippen LogP contribution in [-0.2, 0) is 17.1 Å². The first-order valence-corrected chi connectivity index (χ1v) is 8.50. The maximum absolute atomic E-state index is 11.9. The average molecular weight is 335 g/mol. The zero-order valence-electron chi connectivity index (χ0n) is 13.5. The van der Waals surface area contributed by atoms with Crippen LogP contribution in [0.3, 0.4) is 0 Å². The molecule has 1 aromatic heterocycles. The molecule has 2 aromatic rings. The van der Waals surface area contributed by atoms with Crippen molar-refractivity contribution in [3.63, 3.8) is 0 Å². The minimum Gasteiger partial charge on any atom is -0.496 e. The first kappa shape index (κ1) is 17.3. The summed E-state index contributed by atoms with van der Waals surface area (Å²) >= 11 is 1.49. The maximum atomic E-state index is 11.9. The lowest BCUT2D eigenvalue weighted by atomic mass is 10.2. The Morgan fingerprint density at radius 2 is 2.17 bits per heavy atom. The first-order valence-electron chi connectivity index (χ1n) is 7.35. The summed E-state index contributed by atoms with van der Waals surface area (Å²) in [5, 5.41) is 14.5. The number of amides is 1. The van der Waals surface area contributed by atoms with Crippen molar-refractivity contribution in [2.45, 2.75) is 32.2 Å². The summed E-state index contributed by atoms with van der Waals surface area (Å²) in [5.74, 6) is 2.50. The molecule has 0 radical (unpaired) electrons. The molecule has 0 aliphatic carbocycles. The number of nitrogens with one attached hydrogen (secondary N) is 1. The number of methoxy groups -OCH3 is 1. The molecule has 1 amide bonds. The van der Waals surface area contributed by atoms with Gasteiger partial charge in [-0.1, -0.05) is 18.2 Å². The van der Waals surface area contributed by atoms with Gasteiger partial charge in [-0.25, -0.2) is 4.68 Å². The first-order chi connectivity index (χ1) is 11.1. The third-order valence-electron chi connectivity index (χ3n) is 3.18. The van der Waals surface area contributed by atoms with Crippen LogP contribution in [-0.4, -0.2) is 39.0 Å². The van der Waals surface area contributed by atoms with E-state index in [1.807, 2.05) is 38.1 Å². The summed E-state index contributed by atoms with van der Waals surface area (Å²) in [6, 6.07) is 7.84. The number of ether oxygens (including phenoxy) is 1. The van der Waals surface area contributed by atoms with Gasteiger partial charge in [0.15, 0.2) is 5.82 Å². The lowest BCUT2D eigenvalue weighted by Gasteiger charge is -2.10. The van der Waals surface area contributed by atoms with Crippen molar-refractivity contribution < 1.29 is 9.53 Å². The number of carbonyl (C=O) groups is 1. The van der Waals surface area contributed by atoms with Crippen LogP contribution >= 0.6 is 11.8 Å². The van der Waals surface area contributed by atoms with Crippen molar-refractivity contribution in [1.29, 1.82) is 0 Å². The highest BCUT2D eigenvalue weighted by Gasteiger charge is 2.10. The van der Waals surface area contributed by atoms with Crippen LogP contribution in [0.4, 0.5) is 0 Å². The third kappa shape index (κ3) is 4.95. The zero-order chi connectivity index (χ0) is 16.7. The van der Waals surface area contributed by atoms with E-state index in [0.717, 1.165) is 17.1 Å². The van der Waals surface area contributed by atoms with Crippen LogP contribution in [0, 0.1) is 0 Å². The highest BCUT2D eigenvalue weighted by atomic mass is 32.2. The number of aromatic nitrogens is 4. The maximum Gasteiger partial charge on any atom is 0.230 e. The number of thioether (sulfide) groups is 1. The van der Waals surface area contributed by atoms with E-state index in [1.165, 1.54) is 11.8 Å². The SMILES string of the molecule is COc1ccccc1CNC(=O)CSCc1nnnn1C(C)C. The Bertz CT molecular complexity index is 644. The predicted octanol–water partition coefficient (Wildman–Crippen LogP) is 1.81. The molecule has 23 heavy (non-hydrogen) atoms. The van der Waals surface area contributed by atoms with Crippen LogP contribution in [0.1, 0.15) is 31.3 Å². The minimum atomic E-state index is -0.0236. The summed E-state index contributed by atoms with van der Waals surface area (Å²) in [4.78, 5) is 11.9. The molecule has 7 nitrogen and oxygen atoms in total. The molecule has 0 spiro atoms. The van der Waals surface area contributed by atoms with Gasteiger partial charge in [-0.2, -0.15) is 0 Å². The van der Waals surface area contributed by atoms with Crippen LogP contribution < -0.4 is 10.1 Å². The lowest BCUT2D eigenvalue weighted by Crippen LogP contribution is -2.25. The van der Waals surface area contributed by atoms with Gasteiger partial charge >= 0.3 is 0 Å². The van der Waals surface area contributed by atoms with E-state index >= 15 is 0 Å². The molecule has 0 unspecified atom stereocenters. The van der Waals surface area contributed by atoms with Crippen LogP contribution in [0.5, 0.6) is 5.75 Å². The highest BCUT2D eigenvalue weighted by Crippen LogP contribution is 2.17. The summed E-state index contributed by atoms with van der Waals surface area (Å²) in [6.45, 7) is 4.49. The van der Waals surface area contributed by atoms with Gasteiger partial charge in [0.2, 0.25) is 5.91 Å². The Labute approximate surface area is 139 Å². The second-order valence-corrected chi connectivity index (χ2v) is 6.20. The summed E-state index contributed by atoms with van der Waals surface area (Å²) in [5.41, 5.74) is 0.956. The molecule has 1 N–H and O–H groups in total. The zero-order valence-corrected chi connectivity index (χ0v) is 14.3. The second-order valence-electron chi connectivity index (χ2n) is 5.21. The summed E-state index contributed by atoms with van der Waals surface area (Å²) in [6.07, 6.45) is 0. The van der Waals surface area contributed by atoms with Gasteiger partial charge in [0.25, 0.3) is 0 Å². The number of tetrazole rings is 1. The van der Waals surface area contributed by atoms with Crippen LogP contribution in [0.15, 0.2) is 24.3 Å². The van der Waals surface area contributed by atoms with E-state index in [-0.39, 0.29) is 11.9 Å². The number of para-hydroxylation sites is 1. The van der Waals surface area contributed by atoms with Crippen molar-refractivity contribution in [3.05, 3.63) is 35.7 Å². The number of nitrogens with zero attached hydrogens (tertiary/aromatic N) is 4. The topological polar surface area (TPSA) is 81.9 Å². The molecule has 1 heterocycles. The van der Waals surface area contributed by atoms with Gasteiger partial charge < -0.3 is 10.1 Å². The molecule has 0 saturated heterocycles. The predicted molar refractivity (Wildman–Crippen MR) is 89.2 cm³/mol. The molecule has 2 rings (SSSR count). The Kier molecular flexibility index (Phi) is 6.40. The van der Waals surface area contributed by atoms with E-state index in [9.17, 15) is 4.79 Å². The molecule has 124 valence electrons. The van der Waals surface area contributed by atoms with Gasteiger partial charge in [0.05, 0.1) is 24.7 Å². The molecule has 0 atom stereocenters. The molecule has 0 fully saturated rings. The molecule has 1 aromatic carbocycles. The van der Waals surface area contributed by atoms with E-state index in [2.05, 4.69) is 20.8 Å². The Hall–Kier alpha value is -2.09. The van der Waals surface area contributed by atoms with Gasteiger partial charge in [-0.05, 0) is 30.3 Å². The molecule has 0 aliphatic heterocycles. The van der Waals surface area contributed by atoms with Crippen LogP contribution in [0.25, 0.3) is 0 Å². The van der Waals surface area contributed by atoms with E-state index in [1.54, 1.807) is 11.8 Å². The Morgan fingerprint density at radius 1 is 1.39 bits per heavy atom. The summed E-state index contributed by atoms with van der Waals surface area (Å²) < 4.78 is 7.03. The molecular weight excluding hydrogens is 314 g/mol. The fourth-order valence-electron chi connectivity index (χ4n) is 2.04. The van der Waals surface area contributed by atoms with E-state index < -0.39 is 0 Å². The number of rotatable bonds is 8. The highest BCUT2D eigenvalue weighted by molar-refractivity contribution is 7.99. The Balaban J connectivity index is 1.76. The third-order valence-corrected chi connectivity index (χ3v) is 4.11. The largest absolute Gasteiger partial charge is 0.496 e. The molecular formula is C15H21N5O2S. The van der Waals surface area contributed by atoms with Gasteiger partial charge in [0.1, 0.15) is 5.75 Å². The number of benzene rings is 1. The lowest BCUT2D eigenvalue weighted by molar-refractivity contribution is -0.118. The quantitative estimate of drug-likeness (QED) is 0.792. The average Bonchev–Trinajstić information content (AvgIpc) is 3.02. The van der Waals surface area contributed by atoms with Crippen molar-refractivity contribution in [2.75, 3.05) is 12.9 Å². The monoisotopic (exact) mass is 335 g/mol. The van der Waals surface area contributed by atoms with E-state index in [0.29, 0.717) is 18.1 Å². The second kappa shape index (κ2) is 8.52. The fourth-order valence-corrected chi connectivity index (χ4v) is 2.80. The summed E-state index contributed by atoms with van der Waals surface area (Å²) in [7, 11) is 1.62. The van der Waals surface area contributed by atoms with Crippen molar-refractivity contribution in [1.82, 2.24) is 25.5 Å².